The van der Waals surface area contributed by atoms with Crippen LogP contribution in [0.5, 0.6) is 0 Å². The molecule has 0 fully saturated rings. The Kier molecular flexibility index (Phi) is 3.99. The van der Waals surface area contributed by atoms with Gasteiger partial charge in [-0.3, -0.25) is 9.78 Å². The van der Waals surface area contributed by atoms with E-state index in [-0.39, 0.29) is 16.5 Å². The standard InChI is InChI=1S/C13H12N3O3S/c1-10(17)15-11-4-6-13(7-5-11)20(18,19)16-12-3-2-8-14-9-12/h2-9H,1H3,(H,15,17)/q-1. The number of sulfonamides is 1. The molecule has 0 saturated heterocycles. The first kappa shape index (κ1) is 14.0. The summed E-state index contributed by atoms with van der Waals surface area (Å²) < 4.78 is 27.8. The predicted molar refractivity (Wildman–Crippen MR) is 75.2 cm³/mol. The normalized spacial score (nSPS) is 10.8. The lowest BCUT2D eigenvalue weighted by Gasteiger charge is -2.21. The molecule has 2 rings (SSSR count). The van der Waals surface area contributed by atoms with Gasteiger partial charge >= 0.3 is 0 Å². The van der Waals surface area contributed by atoms with Crippen molar-refractivity contribution < 1.29 is 13.2 Å². The quantitative estimate of drug-likeness (QED) is 0.936. The molecule has 0 saturated carbocycles. The number of carbonyl (C=O) groups excluding carboxylic acids is 1. The Hall–Kier alpha value is -2.41. The summed E-state index contributed by atoms with van der Waals surface area (Å²) in [5.41, 5.74) is 0.788. The summed E-state index contributed by atoms with van der Waals surface area (Å²) >= 11 is 0. The highest BCUT2D eigenvalue weighted by Gasteiger charge is 2.05. The lowest BCUT2D eigenvalue weighted by molar-refractivity contribution is -0.114. The van der Waals surface area contributed by atoms with E-state index in [1.165, 1.54) is 43.6 Å². The molecule has 104 valence electrons. The van der Waals surface area contributed by atoms with Crippen LogP contribution in [0.25, 0.3) is 4.72 Å². The molecule has 0 spiro atoms. The maximum atomic E-state index is 12.1. The van der Waals surface area contributed by atoms with E-state index in [0.717, 1.165) is 0 Å². The zero-order valence-corrected chi connectivity index (χ0v) is 11.5. The van der Waals surface area contributed by atoms with Crippen molar-refractivity contribution in [2.45, 2.75) is 11.8 Å². The van der Waals surface area contributed by atoms with E-state index in [2.05, 4.69) is 15.0 Å². The highest BCUT2D eigenvalue weighted by Crippen LogP contribution is 2.27. The van der Waals surface area contributed by atoms with Crippen molar-refractivity contribution in [3.8, 4) is 0 Å². The van der Waals surface area contributed by atoms with Gasteiger partial charge in [-0.2, -0.15) is 0 Å². The van der Waals surface area contributed by atoms with Gasteiger partial charge in [0.2, 0.25) is 5.91 Å². The molecule has 6 nitrogen and oxygen atoms in total. The summed E-state index contributed by atoms with van der Waals surface area (Å²) in [6, 6.07) is 8.95. The molecular weight excluding hydrogens is 278 g/mol. The molecule has 7 heteroatoms. The third kappa shape index (κ3) is 3.55. The molecule has 20 heavy (non-hydrogen) atoms. The van der Waals surface area contributed by atoms with Crippen LogP contribution in [-0.2, 0) is 14.8 Å². The Morgan fingerprint density at radius 2 is 1.90 bits per heavy atom. The van der Waals surface area contributed by atoms with Crippen LogP contribution in [-0.4, -0.2) is 19.3 Å². The monoisotopic (exact) mass is 290 g/mol. The number of rotatable bonds is 4. The van der Waals surface area contributed by atoms with Crippen molar-refractivity contribution in [1.29, 1.82) is 0 Å². The smallest absolute Gasteiger partial charge is 0.221 e. The van der Waals surface area contributed by atoms with E-state index < -0.39 is 10.0 Å². The van der Waals surface area contributed by atoms with Crippen LogP contribution < -0.4 is 5.32 Å². The molecule has 0 radical (unpaired) electrons. The molecule has 1 aromatic heterocycles. The first-order chi connectivity index (χ1) is 9.47. The van der Waals surface area contributed by atoms with Crippen molar-refractivity contribution in [3.05, 3.63) is 53.5 Å². The van der Waals surface area contributed by atoms with Crippen LogP contribution in [0.2, 0.25) is 0 Å². The first-order valence-electron chi connectivity index (χ1n) is 5.73. The SMILES string of the molecule is CC(=O)Nc1ccc(S(=O)(=O)[N-]c2cccnc2)cc1. The van der Waals surface area contributed by atoms with Crippen LogP contribution >= 0.6 is 0 Å². The number of benzene rings is 1. The van der Waals surface area contributed by atoms with Gasteiger partial charge in [-0.25, -0.2) is 8.42 Å². The zero-order chi connectivity index (χ0) is 14.6. The number of anilines is 1. The molecule has 0 atom stereocenters. The second-order valence-corrected chi connectivity index (χ2v) is 5.59. The minimum atomic E-state index is -3.79. The number of aromatic nitrogens is 1. The highest BCUT2D eigenvalue weighted by atomic mass is 32.2. The van der Waals surface area contributed by atoms with E-state index in [1.54, 1.807) is 12.1 Å². The molecule has 0 aliphatic heterocycles. The number of nitrogens with zero attached hydrogens (tertiary/aromatic N) is 2. The van der Waals surface area contributed by atoms with Crippen molar-refractivity contribution in [2.24, 2.45) is 0 Å². The molecule has 0 aliphatic rings. The number of carbonyl (C=O) groups is 1. The molecule has 1 aromatic carbocycles. The van der Waals surface area contributed by atoms with E-state index in [9.17, 15) is 13.2 Å². The maximum Gasteiger partial charge on any atom is 0.221 e. The van der Waals surface area contributed by atoms with Crippen molar-refractivity contribution >= 4 is 27.3 Å². The Bertz CT molecular complexity index is 697. The van der Waals surface area contributed by atoms with Crippen molar-refractivity contribution in [3.63, 3.8) is 0 Å². The largest absolute Gasteiger partial charge is 0.571 e. The average Bonchev–Trinajstić information content (AvgIpc) is 2.39. The Morgan fingerprint density at radius 3 is 2.45 bits per heavy atom. The highest BCUT2D eigenvalue weighted by molar-refractivity contribution is 7.94. The van der Waals surface area contributed by atoms with Crippen LogP contribution in [0.3, 0.4) is 0 Å². The molecule has 1 heterocycles. The number of nitrogens with one attached hydrogen (secondary N) is 1. The summed E-state index contributed by atoms with van der Waals surface area (Å²) in [5.74, 6) is -0.222. The lowest BCUT2D eigenvalue weighted by atomic mass is 10.3. The van der Waals surface area contributed by atoms with Gasteiger partial charge in [-0.05, 0) is 30.3 Å². The fraction of sp³-hybridized carbons (Fsp3) is 0.0769. The average molecular weight is 290 g/mol. The number of amides is 1. The van der Waals surface area contributed by atoms with E-state index >= 15 is 0 Å². The minimum absolute atomic E-state index is 0.0513. The molecule has 1 amide bonds. The van der Waals surface area contributed by atoms with Gasteiger partial charge in [0.05, 0.1) is 4.90 Å². The Labute approximate surface area is 116 Å². The van der Waals surface area contributed by atoms with Gasteiger partial charge < -0.3 is 10.0 Å². The molecular formula is C13H12N3O3S-. The Morgan fingerprint density at radius 1 is 1.20 bits per heavy atom. The van der Waals surface area contributed by atoms with Gasteiger partial charge in [0, 0.05) is 25.0 Å². The summed E-state index contributed by atoms with van der Waals surface area (Å²) in [4.78, 5) is 14.7. The molecule has 2 aromatic rings. The molecule has 0 aliphatic carbocycles. The summed E-state index contributed by atoms with van der Waals surface area (Å²) in [6.45, 7) is 1.38. The molecule has 1 N–H and O–H groups in total. The number of hydrogen-bond acceptors (Lipinski definition) is 4. The lowest BCUT2D eigenvalue weighted by Crippen LogP contribution is -2.06. The van der Waals surface area contributed by atoms with E-state index in [4.69, 9.17) is 0 Å². The van der Waals surface area contributed by atoms with Crippen LogP contribution in [0.1, 0.15) is 6.92 Å². The fourth-order valence-corrected chi connectivity index (χ4v) is 2.48. The predicted octanol–water partition coefficient (Wildman–Crippen LogP) is 2.43. The van der Waals surface area contributed by atoms with Crippen LogP contribution in [0.15, 0.2) is 53.7 Å². The van der Waals surface area contributed by atoms with E-state index in [1.807, 2.05) is 0 Å². The van der Waals surface area contributed by atoms with Crippen LogP contribution in [0.4, 0.5) is 11.4 Å². The second-order valence-electron chi connectivity index (χ2n) is 3.98. The third-order valence-corrected chi connectivity index (χ3v) is 3.66. The van der Waals surface area contributed by atoms with Crippen molar-refractivity contribution in [2.75, 3.05) is 5.32 Å². The molecule has 0 unspecified atom stereocenters. The first-order valence-corrected chi connectivity index (χ1v) is 7.17. The second kappa shape index (κ2) is 5.70. The van der Waals surface area contributed by atoms with Gasteiger partial charge in [-0.15, -0.1) is 5.69 Å². The van der Waals surface area contributed by atoms with Crippen LogP contribution in [0, 0.1) is 0 Å². The zero-order valence-electron chi connectivity index (χ0n) is 10.6. The summed E-state index contributed by atoms with van der Waals surface area (Å²) in [7, 11) is -3.79. The van der Waals surface area contributed by atoms with Crippen molar-refractivity contribution in [1.82, 2.24) is 4.98 Å². The van der Waals surface area contributed by atoms with Gasteiger partial charge in [0.1, 0.15) is 10.0 Å². The third-order valence-electron chi connectivity index (χ3n) is 2.34. The number of pyridine rings is 1. The summed E-state index contributed by atoms with van der Waals surface area (Å²) in [5, 5.41) is 2.56. The summed E-state index contributed by atoms with van der Waals surface area (Å²) in [6.07, 6.45) is 2.90. The minimum Gasteiger partial charge on any atom is -0.571 e. The topological polar surface area (TPSA) is 90.2 Å². The van der Waals surface area contributed by atoms with Gasteiger partial charge in [-0.1, -0.05) is 6.07 Å². The van der Waals surface area contributed by atoms with E-state index in [0.29, 0.717) is 5.69 Å². The number of hydrogen-bond donors (Lipinski definition) is 1. The maximum absolute atomic E-state index is 12.1. The fourth-order valence-electron chi connectivity index (χ4n) is 1.51. The van der Waals surface area contributed by atoms with Gasteiger partial charge in [0.25, 0.3) is 0 Å². The molecule has 0 bridgehead atoms. The Balaban J connectivity index is 2.19. The van der Waals surface area contributed by atoms with Gasteiger partial charge in [0.15, 0.2) is 0 Å².